The first kappa shape index (κ1) is 15.6. The zero-order valence-corrected chi connectivity index (χ0v) is 15.0. The van der Waals surface area contributed by atoms with E-state index in [9.17, 15) is 8.42 Å². The van der Waals surface area contributed by atoms with E-state index in [0.717, 1.165) is 0 Å². The summed E-state index contributed by atoms with van der Waals surface area (Å²) in [4.78, 5) is 0.150. The van der Waals surface area contributed by atoms with Gasteiger partial charge in [0.1, 0.15) is 10.6 Å². The number of hydrogen-bond acceptors (Lipinski definition) is 5. The van der Waals surface area contributed by atoms with Crippen molar-refractivity contribution in [1.82, 2.24) is 0 Å². The molecule has 1 aromatic carbocycles. The number of thiophene rings is 1. The Hall–Kier alpha value is -0.770. The maximum absolute atomic E-state index is 12.3. The minimum Gasteiger partial charge on any atom is -0.497 e. The third-order valence-electron chi connectivity index (χ3n) is 2.42. The molecule has 1 aromatic heterocycles. The predicted octanol–water partition coefficient (Wildman–Crippen LogP) is 3.66. The van der Waals surface area contributed by atoms with Crippen LogP contribution in [0, 0.1) is 0 Å². The molecule has 0 aliphatic rings. The first-order chi connectivity index (χ1) is 9.33. The summed E-state index contributed by atoms with van der Waals surface area (Å²) in [6, 6.07) is 6.29. The van der Waals surface area contributed by atoms with Crippen LogP contribution >= 0.6 is 43.2 Å². The van der Waals surface area contributed by atoms with Crippen LogP contribution in [0.2, 0.25) is 0 Å². The van der Waals surface area contributed by atoms with E-state index in [1.54, 1.807) is 12.1 Å². The highest BCUT2D eigenvalue weighted by Gasteiger charge is 2.21. The Bertz CT molecular complexity index is 744. The van der Waals surface area contributed by atoms with Gasteiger partial charge in [0.05, 0.1) is 26.1 Å². The average Bonchev–Trinajstić information content (AvgIpc) is 2.72. The summed E-state index contributed by atoms with van der Waals surface area (Å²) < 4.78 is 33.4. The number of methoxy groups -OCH3 is 1. The van der Waals surface area contributed by atoms with Crippen LogP contribution in [0.15, 0.2) is 36.7 Å². The summed E-state index contributed by atoms with van der Waals surface area (Å²) >= 11 is 7.75. The molecular formula is C11H10Br2N2O3S2. The number of ether oxygens (including phenoxy) is 1. The molecule has 0 radical (unpaired) electrons. The van der Waals surface area contributed by atoms with Crippen LogP contribution in [0.25, 0.3) is 0 Å². The van der Waals surface area contributed by atoms with Gasteiger partial charge in [-0.05, 0) is 50.1 Å². The molecule has 0 amide bonds. The molecule has 3 N–H and O–H groups in total. The second kappa shape index (κ2) is 5.92. The van der Waals surface area contributed by atoms with E-state index in [-0.39, 0.29) is 10.6 Å². The van der Waals surface area contributed by atoms with Crippen molar-refractivity contribution in [3.8, 4) is 5.75 Å². The van der Waals surface area contributed by atoms with Crippen LogP contribution in [-0.4, -0.2) is 15.5 Å². The Morgan fingerprint density at radius 2 is 2.00 bits per heavy atom. The molecule has 2 aromatic rings. The lowest BCUT2D eigenvalue weighted by Gasteiger charge is -2.11. The second-order valence-electron chi connectivity index (χ2n) is 3.75. The van der Waals surface area contributed by atoms with E-state index in [4.69, 9.17) is 10.5 Å². The van der Waals surface area contributed by atoms with Gasteiger partial charge < -0.3 is 10.5 Å². The number of rotatable bonds is 4. The molecule has 0 spiro atoms. The fourth-order valence-corrected chi connectivity index (χ4v) is 6.35. The van der Waals surface area contributed by atoms with E-state index >= 15 is 0 Å². The van der Waals surface area contributed by atoms with Crippen LogP contribution in [0.1, 0.15) is 0 Å². The topological polar surface area (TPSA) is 81.4 Å². The van der Waals surface area contributed by atoms with Gasteiger partial charge >= 0.3 is 0 Å². The second-order valence-corrected chi connectivity index (χ2v) is 9.15. The van der Waals surface area contributed by atoms with Gasteiger partial charge in [0.2, 0.25) is 0 Å². The summed E-state index contributed by atoms with van der Waals surface area (Å²) in [7, 11) is -2.23. The van der Waals surface area contributed by atoms with Crippen LogP contribution in [0.5, 0.6) is 5.75 Å². The van der Waals surface area contributed by atoms with Crippen molar-refractivity contribution >= 4 is 64.6 Å². The molecule has 0 saturated heterocycles. The monoisotopic (exact) mass is 440 g/mol. The number of benzene rings is 1. The van der Waals surface area contributed by atoms with Gasteiger partial charge in [0, 0.05) is 6.07 Å². The maximum atomic E-state index is 12.3. The highest BCUT2D eigenvalue weighted by Crippen LogP contribution is 2.36. The number of anilines is 2. The Labute approximate surface area is 137 Å². The fraction of sp³-hybridized carbons (Fsp3) is 0.0909. The third kappa shape index (κ3) is 3.27. The fourth-order valence-electron chi connectivity index (χ4n) is 1.46. The minimum atomic E-state index is -3.72. The lowest BCUT2D eigenvalue weighted by atomic mass is 10.2. The molecule has 0 aliphatic heterocycles. The molecule has 9 heteroatoms. The largest absolute Gasteiger partial charge is 0.497 e. The minimum absolute atomic E-state index is 0.150. The quantitative estimate of drug-likeness (QED) is 0.709. The van der Waals surface area contributed by atoms with Crippen LogP contribution < -0.4 is 15.2 Å². The highest BCUT2D eigenvalue weighted by molar-refractivity contribution is 9.12. The van der Waals surface area contributed by atoms with E-state index < -0.39 is 10.0 Å². The van der Waals surface area contributed by atoms with Crippen molar-refractivity contribution < 1.29 is 13.2 Å². The smallest absolute Gasteiger partial charge is 0.263 e. The lowest BCUT2D eigenvalue weighted by Crippen LogP contribution is -2.14. The molecule has 0 atom stereocenters. The van der Waals surface area contributed by atoms with Crippen molar-refractivity contribution in [2.24, 2.45) is 0 Å². The zero-order chi connectivity index (χ0) is 14.9. The van der Waals surface area contributed by atoms with E-state index in [2.05, 4.69) is 36.6 Å². The molecule has 0 unspecified atom stereocenters. The predicted molar refractivity (Wildman–Crippen MR) is 87.9 cm³/mol. The first-order valence-electron chi connectivity index (χ1n) is 5.24. The van der Waals surface area contributed by atoms with Gasteiger partial charge in [0.25, 0.3) is 10.0 Å². The standard InChI is InChI=1S/C11H10Br2N2O3S2/c1-18-6-2-3-7(14)8(4-6)15-20(16,17)9-5-10(12)19-11(9)13/h2-5,15H,14H2,1H3. The summed E-state index contributed by atoms with van der Waals surface area (Å²) in [6.07, 6.45) is 0. The lowest BCUT2D eigenvalue weighted by molar-refractivity contribution is 0.415. The number of hydrogen-bond donors (Lipinski definition) is 2. The number of nitrogens with one attached hydrogen (secondary N) is 1. The number of nitrogen functional groups attached to an aromatic ring is 1. The van der Waals surface area contributed by atoms with E-state index in [1.165, 1.54) is 30.6 Å². The SMILES string of the molecule is COc1ccc(N)c(NS(=O)(=O)c2cc(Br)sc2Br)c1. The molecule has 2 rings (SSSR count). The first-order valence-corrected chi connectivity index (χ1v) is 9.13. The van der Waals surface area contributed by atoms with Crippen molar-refractivity contribution in [2.75, 3.05) is 17.6 Å². The molecular weight excluding hydrogens is 432 g/mol. The highest BCUT2D eigenvalue weighted by atomic mass is 79.9. The van der Waals surface area contributed by atoms with Crippen LogP contribution in [-0.2, 0) is 10.0 Å². The Balaban J connectivity index is 2.40. The summed E-state index contributed by atoms with van der Waals surface area (Å²) in [5.74, 6) is 0.516. The van der Waals surface area contributed by atoms with Gasteiger partial charge in [-0.15, -0.1) is 11.3 Å². The Morgan fingerprint density at radius 3 is 2.55 bits per heavy atom. The van der Waals surface area contributed by atoms with Crippen molar-refractivity contribution in [3.63, 3.8) is 0 Å². The summed E-state index contributed by atoms with van der Waals surface area (Å²) in [5, 5.41) is 0. The molecule has 0 bridgehead atoms. The molecule has 20 heavy (non-hydrogen) atoms. The van der Waals surface area contributed by atoms with Crippen molar-refractivity contribution in [3.05, 3.63) is 31.8 Å². The van der Waals surface area contributed by atoms with Crippen LogP contribution in [0.4, 0.5) is 11.4 Å². The molecule has 5 nitrogen and oxygen atoms in total. The van der Waals surface area contributed by atoms with E-state index in [0.29, 0.717) is 19.0 Å². The van der Waals surface area contributed by atoms with Crippen molar-refractivity contribution in [1.29, 1.82) is 0 Å². The van der Waals surface area contributed by atoms with Gasteiger partial charge in [-0.3, -0.25) is 4.72 Å². The summed E-state index contributed by atoms with van der Waals surface area (Å²) in [6.45, 7) is 0. The zero-order valence-electron chi connectivity index (χ0n) is 10.2. The van der Waals surface area contributed by atoms with Crippen LogP contribution in [0.3, 0.4) is 0 Å². The number of sulfonamides is 1. The number of halogens is 2. The summed E-state index contributed by atoms with van der Waals surface area (Å²) in [5.41, 5.74) is 6.37. The van der Waals surface area contributed by atoms with Gasteiger partial charge in [-0.2, -0.15) is 0 Å². The number of nitrogens with two attached hydrogens (primary N) is 1. The van der Waals surface area contributed by atoms with E-state index in [1.807, 2.05) is 0 Å². The molecule has 108 valence electrons. The molecule has 0 aliphatic carbocycles. The Morgan fingerprint density at radius 1 is 1.30 bits per heavy atom. The molecule has 0 saturated carbocycles. The maximum Gasteiger partial charge on any atom is 0.263 e. The molecule has 0 fully saturated rings. The van der Waals surface area contributed by atoms with Gasteiger partial charge in [-0.1, -0.05) is 0 Å². The van der Waals surface area contributed by atoms with Crippen molar-refractivity contribution in [2.45, 2.75) is 4.90 Å². The molecule has 1 heterocycles. The normalized spacial score (nSPS) is 11.3. The Kier molecular flexibility index (Phi) is 4.62. The van der Waals surface area contributed by atoms with Gasteiger partial charge in [-0.25, -0.2) is 8.42 Å². The third-order valence-corrected chi connectivity index (χ3v) is 6.54. The van der Waals surface area contributed by atoms with Gasteiger partial charge in [0.15, 0.2) is 0 Å². The average molecular weight is 442 g/mol.